The van der Waals surface area contributed by atoms with Crippen LogP contribution in [-0.4, -0.2) is 14.5 Å². The molecule has 0 aliphatic carbocycles. The van der Waals surface area contributed by atoms with E-state index in [9.17, 15) is 10.1 Å². The van der Waals surface area contributed by atoms with Gasteiger partial charge in [-0.15, -0.1) is 0 Å². The molecule has 122 valence electrons. The Bertz CT molecular complexity index is 816. The second kappa shape index (κ2) is 6.95. The summed E-state index contributed by atoms with van der Waals surface area (Å²) in [5, 5.41) is 14.5. The van der Waals surface area contributed by atoms with Crippen LogP contribution >= 0.6 is 0 Å². The lowest BCUT2D eigenvalue weighted by atomic mass is 9.99. The van der Waals surface area contributed by atoms with E-state index in [0.717, 1.165) is 11.1 Å². The molecule has 0 spiro atoms. The third kappa shape index (κ3) is 3.43. The predicted octanol–water partition coefficient (Wildman–Crippen LogP) is 3.72. The number of nitrogens with one attached hydrogen (secondary N) is 1. The van der Waals surface area contributed by atoms with E-state index in [4.69, 9.17) is 0 Å². The van der Waals surface area contributed by atoms with Gasteiger partial charge >= 0.3 is 5.82 Å². The van der Waals surface area contributed by atoms with Crippen molar-refractivity contribution in [2.45, 2.75) is 12.5 Å². The lowest BCUT2D eigenvalue weighted by molar-refractivity contribution is -0.388. The highest BCUT2D eigenvalue weighted by atomic mass is 16.6. The lowest BCUT2D eigenvalue weighted by Crippen LogP contribution is -2.16. The zero-order chi connectivity index (χ0) is 16.9. The lowest BCUT2D eigenvalue weighted by Gasteiger charge is -2.20. The first kappa shape index (κ1) is 15.7. The first-order chi connectivity index (χ1) is 11.6. The van der Waals surface area contributed by atoms with Crippen molar-refractivity contribution >= 4 is 11.6 Å². The average Bonchev–Trinajstić information content (AvgIpc) is 2.97. The quantitative estimate of drug-likeness (QED) is 0.554. The van der Waals surface area contributed by atoms with Crippen LogP contribution in [0.5, 0.6) is 0 Å². The molecule has 0 amide bonds. The summed E-state index contributed by atoms with van der Waals surface area (Å²) in [6.45, 7) is 0. The monoisotopic (exact) mass is 322 g/mol. The zero-order valence-electron chi connectivity index (χ0n) is 13.3. The third-order valence-electron chi connectivity index (χ3n) is 3.89. The Labute approximate surface area is 139 Å². The van der Waals surface area contributed by atoms with E-state index in [0.29, 0.717) is 12.2 Å². The van der Waals surface area contributed by atoms with Crippen LogP contribution in [0.15, 0.2) is 67.0 Å². The molecule has 2 aromatic carbocycles. The average molecular weight is 322 g/mol. The van der Waals surface area contributed by atoms with Crippen LogP contribution in [0.25, 0.3) is 0 Å². The molecule has 0 bridgehead atoms. The molecule has 6 nitrogen and oxygen atoms in total. The van der Waals surface area contributed by atoms with E-state index in [-0.39, 0.29) is 11.9 Å². The number of nitrogens with zero attached hydrogens (tertiary/aromatic N) is 3. The normalized spacial score (nSPS) is 11.9. The molecule has 1 atom stereocenters. The smallest absolute Gasteiger partial charge is 0.358 e. The van der Waals surface area contributed by atoms with Gasteiger partial charge in [-0.3, -0.25) is 4.57 Å². The van der Waals surface area contributed by atoms with Gasteiger partial charge in [0.2, 0.25) is 12.1 Å². The maximum absolute atomic E-state index is 11.2. The summed E-state index contributed by atoms with van der Waals surface area (Å²) in [6.07, 6.45) is 2.16. The Morgan fingerprint density at radius 1 is 1.12 bits per heavy atom. The van der Waals surface area contributed by atoms with Crippen molar-refractivity contribution < 1.29 is 4.92 Å². The number of nitro groups is 1. The van der Waals surface area contributed by atoms with Crippen molar-refractivity contribution in [2.24, 2.45) is 7.05 Å². The molecule has 0 saturated carbocycles. The molecule has 3 aromatic rings. The van der Waals surface area contributed by atoms with Crippen molar-refractivity contribution in [3.05, 3.63) is 88.2 Å². The summed E-state index contributed by atoms with van der Waals surface area (Å²) in [7, 11) is 1.74. The Kier molecular flexibility index (Phi) is 4.56. The van der Waals surface area contributed by atoms with Crippen LogP contribution in [0.1, 0.15) is 17.2 Å². The van der Waals surface area contributed by atoms with Crippen LogP contribution in [0.4, 0.5) is 11.6 Å². The largest absolute Gasteiger partial charge is 0.406 e. The highest BCUT2D eigenvalue weighted by Gasteiger charge is 2.23. The summed E-state index contributed by atoms with van der Waals surface area (Å²) in [5.41, 5.74) is 2.22. The van der Waals surface area contributed by atoms with Crippen LogP contribution in [0, 0.1) is 10.1 Å². The molecule has 0 aliphatic heterocycles. The van der Waals surface area contributed by atoms with Gasteiger partial charge in [-0.05, 0) is 27.5 Å². The standard InChI is InChI=1S/C18H18N4O2/c1-21-13-19-17(22(23)24)18(21)20-16(15-10-6-3-7-11-15)12-14-8-4-2-5-9-14/h2-11,13,16,20H,12H2,1H3/t16-/m0/s1. The van der Waals surface area contributed by atoms with Gasteiger partial charge in [0.15, 0.2) is 0 Å². The third-order valence-corrected chi connectivity index (χ3v) is 3.89. The van der Waals surface area contributed by atoms with Gasteiger partial charge in [-0.1, -0.05) is 60.7 Å². The summed E-state index contributed by atoms with van der Waals surface area (Å²) in [4.78, 5) is 14.6. The van der Waals surface area contributed by atoms with Crippen molar-refractivity contribution in [2.75, 3.05) is 5.32 Å². The molecule has 1 heterocycles. The van der Waals surface area contributed by atoms with Crippen molar-refractivity contribution in [3.63, 3.8) is 0 Å². The van der Waals surface area contributed by atoms with E-state index in [1.165, 1.54) is 6.33 Å². The fourth-order valence-corrected chi connectivity index (χ4v) is 2.67. The zero-order valence-corrected chi connectivity index (χ0v) is 13.3. The van der Waals surface area contributed by atoms with Crippen molar-refractivity contribution in [1.29, 1.82) is 0 Å². The number of hydrogen-bond donors (Lipinski definition) is 1. The molecule has 6 heteroatoms. The molecule has 1 aromatic heterocycles. The van der Waals surface area contributed by atoms with Crippen molar-refractivity contribution in [1.82, 2.24) is 9.55 Å². The molecular formula is C18H18N4O2. The minimum absolute atomic E-state index is 0.0947. The first-order valence-electron chi connectivity index (χ1n) is 7.66. The Morgan fingerprint density at radius 2 is 1.75 bits per heavy atom. The number of rotatable bonds is 6. The molecular weight excluding hydrogens is 304 g/mol. The van der Waals surface area contributed by atoms with Crippen LogP contribution in [-0.2, 0) is 13.5 Å². The molecule has 24 heavy (non-hydrogen) atoms. The minimum Gasteiger partial charge on any atom is -0.358 e. The maximum Gasteiger partial charge on any atom is 0.406 e. The Balaban J connectivity index is 1.94. The van der Waals surface area contributed by atoms with Gasteiger partial charge in [-0.2, -0.15) is 0 Å². The van der Waals surface area contributed by atoms with Gasteiger partial charge in [0, 0.05) is 7.05 Å². The Morgan fingerprint density at radius 3 is 2.38 bits per heavy atom. The maximum atomic E-state index is 11.2. The van der Waals surface area contributed by atoms with Gasteiger partial charge in [-0.25, -0.2) is 0 Å². The van der Waals surface area contributed by atoms with Crippen LogP contribution < -0.4 is 5.32 Å². The second-order valence-electron chi connectivity index (χ2n) is 5.58. The van der Waals surface area contributed by atoms with Gasteiger partial charge in [0.25, 0.3) is 0 Å². The summed E-state index contributed by atoms with van der Waals surface area (Å²) in [6, 6.07) is 19.9. The van der Waals surface area contributed by atoms with Gasteiger partial charge in [0.05, 0.1) is 6.04 Å². The van der Waals surface area contributed by atoms with Crippen LogP contribution in [0.3, 0.4) is 0 Å². The van der Waals surface area contributed by atoms with Gasteiger partial charge < -0.3 is 15.4 Å². The van der Waals surface area contributed by atoms with E-state index in [1.54, 1.807) is 11.6 Å². The van der Waals surface area contributed by atoms with E-state index >= 15 is 0 Å². The number of aryl methyl sites for hydroxylation is 1. The molecule has 0 fully saturated rings. The molecule has 1 N–H and O–H groups in total. The van der Waals surface area contributed by atoms with Gasteiger partial charge in [0.1, 0.15) is 0 Å². The van der Waals surface area contributed by atoms with E-state index < -0.39 is 4.92 Å². The summed E-state index contributed by atoms with van der Waals surface area (Å²) < 4.78 is 1.64. The number of hydrogen-bond acceptors (Lipinski definition) is 4. The molecule has 0 radical (unpaired) electrons. The molecule has 0 saturated heterocycles. The van der Waals surface area contributed by atoms with E-state index in [1.807, 2.05) is 48.5 Å². The first-order valence-corrected chi connectivity index (χ1v) is 7.66. The number of aromatic nitrogens is 2. The highest BCUT2D eigenvalue weighted by molar-refractivity contribution is 5.53. The van der Waals surface area contributed by atoms with Crippen molar-refractivity contribution in [3.8, 4) is 0 Å². The number of imidazole rings is 1. The predicted molar refractivity (Wildman–Crippen MR) is 92.8 cm³/mol. The highest BCUT2D eigenvalue weighted by Crippen LogP contribution is 2.28. The molecule has 0 unspecified atom stereocenters. The summed E-state index contributed by atoms with van der Waals surface area (Å²) in [5.74, 6) is 0.247. The fraction of sp³-hybridized carbons (Fsp3) is 0.167. The number of anilines is 1. The topological polar surface area (TPSA) is 73.0 Å². The van der Waals surface area contributed by atoms with E-state index in [2.05, 4.69) is 22.4 Å². The fourth-order valence-electron chi connectivity index (χ4n) is 2.67. The molecule has 3 rings (SSSR count). The SMILES string of the molecule is Cn1cnc([N+](=O)[O-])c1N[C@@H](Cc1ccccc1)c1ccccc1. The Hall–Kier alpha value is -3.15. The minimum atomic E-state index is -0.465. The second-order valence-corrected chi connectivity index (χ2v) is 5.58. The summed E-state index contributed by atoms with van der Waals surface area (Å²) >= 11 is 0. The number of benzene rings is 2. The van der Waals surface area contributed by atoms with Crippen LogP contribution in [0.2, 0.25) is 0 Å². The molecule has 0 aliphatic rings.